The Morgan fingerprint density at radius 3 is 2.53 bits per heavy atom. The van der Waals surface area contributed by atoms with E-state index < -0.39 is 0 Å². The van der Waals surface area contributed by atoms with Crippen LogP contribution in [0, 0.1) is 9.49 Å². The minimum Gasteiger partial charge on any atom is -0.369 e. The van der Waals surface area contributed by atoms with Crippen molar-refractivity contribution in [3.8, 4) is 0 Å². The molecule has 1 aromatic heterocycles. The maximum Gasteiger partial charge on any atom is 0.143 e. The van der Waals surface area contributed by atoms with Gasteiger partial charge >= 0.3 is 0 Å². The molecule has 1 N–H and O–H groups in total. The molecule has 106 valence electrons. The van der Waals surface area contributed by atoms with Gasteiger partial charge in [0.25, 0.3) is 0 Å². The van der Waals surface area contributed by atoms with Gasteiger partial charge in [-0.2, -0.15) is 0 Å². The summed E-state index contributed by atoms with van der Waals surface area (Å²) >= 11 is 2.39. The summed E-state index contributed by atoms with van der Waals surface area (Å²) < 4.78 is 1.20. The zero-order chi connectivity index (χ0) is 14.0. The van der Waals surface area contributed by atoms with Crippen LogP contribution < -0.4 is 5.32 Å². The van der Waals surface area contributed by atoms with Gasteiger partial charge in [-0.25, -0.2) is 9.97 Å². The number of nitrogens with zero attached hydrogens (tertiary/aromatic N) is 2. The van der Waals surface area contributed by atoms with Crippen LogP contribution in [0.25, 0.3) is 0 Å². The monoisotopic (exact) mass is 373 g/mol. The van der Waals surface area contributed by atoms with Crippen molar-refractivity contribution in [2.24, 2.45) is 5.92 Å². The maximum atomic E-state index is 4.86. The number of nitrogens with one attached hydrogen (secondary N) is 1. The lowest BCUT2D eigenvalue weighted by Crippen LogP contribution is -2.16. The standard InChI is InChI=1S/C15H24IN3/c1-5-8-17-13-12(16)11(9-10(2)3)18-14(19-13)15(4)6-7-15/h10H,5-9H2,1-4H3,(H,17,18,19). The van der Waals surface area contributed by atoms with Gasteiger partial charge in [-0.05, 0) is 54.2 Å². The molecule has 0 spiro atoms. The van der Waals surface area contributed by atoms with Crippen molar-refractivity contribution in [2.45, 2.75) is 58.8 Å². The Hall–Kier alpha value is -0.390. The van der Waals surface area contributed by atoms with Gasteiger partial charge in [0.05, 0.1) is 9.26 Å². The lowest BCUT2D eigenvalue weighted by atomic mass is 10.1. The van der Waals surface area contributed by atoms with Gasteiger partial charge in [0.2, 0.25) is 0 Å². The van der Waals surface area contributed by atoms with E-state index in [4.69, 9.17) is 9.97 Å². The second kappa shape index (κ2) is 5.94. The summed E-state index contributed by atoms with van der Waals surface area (Å²) in [6.45, 7) is 9.92. The van der Waals surface area contributed by atoms with Crippen LogP contribution in [-0.2, 0) is 11.8 Å². The second-order valence-electron chi connectivity index (χ2n) is 6.24. The van der Waals surface area contributed by atoms with E-state index in [9.17, 15) is 0 Å². The van der Waals surface area contributed by atoms with E-state index in [1.807, 2.05) is 0 Å². The predicted molar refractivity (Wildman–Crippen MR) is 88.7 cm³/mol. The molecule has 3 nitrogen and oxygen atoms in total. The van der Waals surface area contributed by atoms with Gasteiger partial charge in [0.1, 0.15) is 11.6 Å². The van der Waals surface area contributed by atoms with Crippen LogP contribution in [-0.4, -0.2) is 16.5 Å². The zero-order valence-electron chi connectivity index (χ0n) is 12.4. The first kappa shape index (κ1) is 15.0. The molecular formula is C15H24IN3. The minimum atomic E-state index is 0.235. The molecule has 0 aromatic carbocycles. The quantitative estimate of drug-likeness (QED) is 0.762. The van der Waals surface area contributed by atoms with Crippen molar-refractivity contribution in [1.82, 2.24) is 9.97 Å². The molecule has 1 aromatic rings. The molecule has 1 fully saturated rings. The molecule has 2 rings (SSSR count). The summed E-state index contributed by atoms with van der Waals surface area (Å²) in [5.74, 6) is 2.71. The molecule has 0 aliphatic heterocycles. The molecule has 19 heavy (non-hydrogen) atoms. The van der Waals surface area contributed by atoms with Crippen LogP contribution in [0.3, 0.4) is 0 Å². The Morgan fingerprint density at radius 1 is 1.32 bits per heavy atom. The molecule has 0 saturated heterocycles. The number of hydrogen-bond acceptors (Lipinski definition) is 3. The van der Waals surface area contributed by atoms with Crippen molar-refractivity contribution in [3.63, 3.8) is 0 Å². The van der Waals surface area contributed by atoms with E-state index in [1.165, 1.54) is 22.1 Å². The second-order valence-corrected chi connectivity index (χ2v) is 7.32. The third-order valence-corrected chi connectivity index (χ3v) is 4.74. The van der Waals surface area contributed by atoms with E-state index >= 15 is 0 Å². The first-order valence-electron chi connectivity index (χ1n) is 7.27. The van der Waals surface area contributed by atoms with Crippen LogP contribution in [0.5, 0.6) is 0 Å². The normalized spacial score (nSPS) is 16.7. The van der Waals surface area contributed by atoms with Crippen LogP contribution in [0.2, 0.25) is 0 Å². The molecule has 0 atom stereocenters. The van der Waals surface area contributed by atoms with E-state index in [-0.39, 0.29) is 5.41 Å². The summed E-state index contributed by atoms with van der Waals surface area (Å²) in [4.78, 5) is 9.64. The highest BCUT2D eigenvalue weighted by Crippen LogP contribution is 2.46. The van der Waals surface area contributed by atoms with Gasteiger partial charge in [-0.15, -0.1) is 0 Å². The molecule has 1 saturated carbocycles. The fourth-order valence-electron chi connectivity index (χ4n) is 2.06. The van der Waals surface area contributed by atoms with E-state index in [2.05, 4.69) is 55.6 Å². The lowest BCUT2D eigenvalue weighted by molar-refractivity contribution is 0.616. The summed E-state index contributed by atoms with van der Waals surface area (Å²) in [5, 5.41) is 3.46. The first-order chi connectivity index (χ1) is 8.96. The first-order valence-corrected chi connectivity index (χ1v) is 8.35. The number of hydrogen-bond donors (Lipinski definition) is 1. The minimum absolute atomic E-state index is 0.235. The van der Waals surface area contributed by atoms with Crippen molar-refractivity contribution in [2.75, 3.05) is 11.9 Å². The Bertz CT molecular complexity index is 453. The van der Waals surface area contributed by atoms with E-state index in [0.29, 0.717) is 5.92 Å². The summed E-state index contributed by atoms with van der Waals surface area (Å²) in [6.07, 6.45) is 4.60. The third-order valence-electron chi connectivity index (χ3n) is 3.60. The molecule has 0 bridgehead atoms. The summed E-state index contributed by atoms with van der Waals surface area (Å²) in [7, 11) is 0. The summed E-state index contributed by atoms with van der Waals surface area (Å²) in [5.41, 5.74) is 1.45. The molecule has 1 heterocycles. The topological polar surface area (TPSA) is 37.8 Å². The predicted octanol–water partition coefficient (Wildman–Crippen LogP) is 4.15. The number of halogens is 1. The van der Waals surface area contributed by atoms with Gasteiger partial charge in [0.15, 0.2) is 0 Å². The number of rotatable bonds is 6. The molecule has 0 unspecified atom stereocenters. The van der Waals surface area contributed by atoms with Crippen LogP contribution in [0.1, 0.15) is 58.5 Å². The molecular weight excluding hydrogens is 349 g/mol. The number of anilines is 1. The summed E-state index contributed by atoms with van der Waals surface area (Å²) in [6, 6.07) is 0. The highest BCUT2D eigenvalue weighted by molar-refractivity contribution is 14.1. The Kier molecular flexibility index (Phi) is 4.69. The van der Waals surface area contributed by atoms with Gasteiger partial charge in [0, 0.05) is 12.0 Å². The van der Waals surface area contributed by atoms with Gasteiger partial charge in [-0.1, -0.05) is 27.7 Å². The molecule has 1 aliphatic rings. The fourth-order valence-corrected chi connectivity index (χ4v) is 2.71. The largest absolute Gasteiger partial charge is 0.369 e. The van der Waals surface area contributed by atoms with E-state index in [0.717, 1.165) is 31.0 Å². The number of aromatic nitrogens is 2. The zero-order valence-corrected chi connectivity index (χ0v) is 14.5. The van der Waals surface area contributed by atoms with Crippen LogP contribution >= 0.6 is 22.6 Å². The average molecular weight is 373 g/mol. The SMILES string of the molecule is CCCNc1nc(C2(C)CC2)nc(CC(C)C)c1I. The van der Waals surface area contributed by atoms with Crippen LogP contribution in [0.4, 0.5) is 5.82 Å². The van der Waals surface area contributed by atoms with Crippen molar-refractivity contribution in [1.29, 1.82) is 0 Å². The smallest absolute Gasteiger partial charge is 0.143 e. The van der Waals surface area contributed by atoms with Crippen molar-refractivity contribution >= 4 is 28.4 Å². The van der Waals surface area contributed by atoms with Crippen molar-refractivity contribution in [3.05, 3.63) is 15.1 Å². The molecule has 1 aliphatic carbocycles. The Balaban J connectivity index is 2.35. The Morgan fingerprint density at radius 2 is 2.00 bits per heavy atom. The van der Waals surface area contributed by atoms with Crippen molar-refractivity contribution < 1.29 is 0 Å². The maximum absolute atomic E-state index is 4.86. The molecule has 0 amide bonds. The van der Waals surface area contributed by atoms with Gasteiger partial charge < -0.3 is 5.32 Å². The van der Waals surface area contributed by atoms with E-state index in [1.54, 1.807) is 0 Å². The molecule has 0 radical (unpaired) electrons. The fraction of sp³-hybridized carbons (Fsp3) is 0.733. The lowest BCUT2D eigenvalue weighted by Gasteiger charge is -2.16. The van der Waals surface area contributed by atoms with Crippen LogP contribution in [0.15, 0.2) is 0 Å². The highest BCUT2D eigenvalue weighted by atomic mass is 127. The average Bonchev–Trinajstić information content (AvgIpc) is 3.09. The highest BCUT2D eigenvalue weighted by Gasteiger charge is 2.42. The third kappa shape index (κ3) is 3.58. The molecule has 4 heteroatoms. The Labute approximate surface area is 130 Å². The van der Waals surface area contributed by atoms with Gasteiger partial charge in [-0.3, -0.25) is 0 Å².